The highest BCUT2D eigenvalue weighted by Crippen LogP contribution is 2.33. The van der Waals surface area contributed by atoms with Gasteiger partial charge in [-0.15, -0.1) is 0 Å². The normalized spacial score (nSPS) is 16.7. The maximum atomic E-state index is 14.5. The molecule has 0 aliphatic carbocycles. The van der Waals surface area contributed by atoms with Gasteiger partial charge in [0.1, 0.15) is 29.4 Å². The number of hydrogen-bond donors (Lipinski definition) is 0. The zero-order valence-electron chi connectivity index (χ0n) is 23.4. The summed E-state index contributed by atoms with van der Waals surface area (Å²) in [7, 11) is 1.82. The van der Waals surface area contributed by atoms with Crippen molar-refractivity contribution in [2.24, 2.45) is 0 Å². The Morgan fingerprint density at radius 3 is 2.39 bits per heavy atom. The lowest BCUT2D eigenvalue weighted by atomic mass is 10.0. The summed E-state index contributed by atoms with van der Waals surface area (Å²) >= 11 is 6.52. The summed E-state index contributed by atoms with van der Waals surface area (Å²) in [5, 5.41) is 4.75. The van der Waals surface area contributed by atoms with E-state index in [1.54, 1.807) is 24.0 Å². The Labute approximate surface area is 245 Å². The van der Waals surface area contributed by atoms with Crippen molar-refractivity contribution in [3.63, 3.8) is 0 Å². The monoisotopic (exact) mass is 571 g/mol. The van der Waals surface area contributed by atoms with Crippen LogP contribution in [-0.4, -0.2) is 59.6 Å². The number of carbonyl (C=O) groups is 2. The average molecular weight is 572 g/mol. The first-order valence-corrected chi connectivity index (χ1v) is 14.3. The zero-order chi connectivity index (χ0) is 28.8. The number of benzene rings is 3. The van der Waals surface area contributed by atoms with Crippen LogP contribution in [0.2, 0.25) is 5.02 Å². The molecule has 0 saturated heterocycles. The predicted molar refractivity (Wildman–Crippen MR) is 159 cm³/mol. The minimum Gasteiger partial charge on any atom is -0.491 e. The van der Waals surface area contributed by atoms with Gasteiger partial charge < -0.3 is 19.1 Å². The highest BCUT2D eigenvalue weighted by molar-refractivity contribution is 6.33. The van der Waals surface area contributed by atoms with Crippen LogP contribution >= 0.6 is 11.6 Å². The average Bonchev–Trinajstić information content (AvgIpc) is 3.38. The Morgan fingerprint density at radius 2 is 1.61 bits per heavy atom. The molecule has 5 rings (SSSR count). The highest BCUT2D eigenvalue weighted by Gasteiger charge is 2.32. The predicted octanol–water partition coefficient (Wildman–Crippen LogP) is 6.69. The first kappa shape index (κ1) is 28.4. The fourth-order valence-electron chi connectivity index (χ4n) is 5.27. The molecular weight excluding hydrogens is 538 g/mol. The summed E-state index contributed by atoms with van der Waals surface area (Å²) in [6.07, 6.45) is 3.04. The van der Waals surface area contributed by atoms with E-state index in [1.165, 1.54) is 0 Å². The standard InChI is InChI=1S/C33H34ClN3O4/c1-23-30(31(35-41-23)26-15-7-9-17-28(26)34)33(39)37-20-12-4-11-19-36(2)32(38)27-16-8-10-18-29(27)40-22-25(37)21-24-13-5-3-6-14-24/h3,5-10,13-18,25H,4,11-12,19-22H2,1-2H3/t25-/m1/s1. The molecule has 1 aromatic heterocycles. The van der Waals surface area contributed by atoms with Crippen molar-refractivity contribution in [3.05, 3.63) is 106 Å². The van der Waals surface area contributed by atoms with Gasteiger partial charge in [0.05, 0.1) is 16.6 Å². The van der Waals surface area contributed by atoms with E-state index in [0.717, 1.165) is 24.8 Å². The number of fused-ring (bicyclic) bond motifs is 1. The van der Waals surface area contributed by atoms with Crippen LogP contribution in [0.5, 0.6) is 5.75 Å². The molecule has 1 aliphatic heterocycles. The van der Waals surface area contributed by atoms with Gasteiger partial charge in [-0.2, -0.15) is 0 Å². The second kappa shape index (κ2) is 13.0. The maximum Gasteiger partial charge on any atom is 0.260 e. The van der Waals surface area contributed by atoms with Gasteiger partial charge in [0, 0.05) is 25.7 Å². The molecule has 0 N–H and O–H groups in total. The molecule has 41 heavy (non-hydrogen) atoms. The van der Waals surface area contributed by atoms with Gasteiger partial charge in [-0.3, -0.25) is 9.59 Å². The number of para-hydroxylation sites is 1. The number of ether oxygens (including phenoxy) is 1. The molecule has 2 heterocycles. The third-order valence-electron chi connectivity index (χ3n) is 7.51. The van der Waals surface area contributed by atoms with Crippen molar-refractivity contribution in [1.82, 2.24) is 15.0 Å². The van der Waals surface area contributed by atoms with Gasteiger partial charge in [-0.1, -0.05) is 77.4 Å². The molecule has 0 radical (unpaired) electrons. The molecule has 0 saturated carbocycles. The second-order valence-corrected chi connectivity index (χ2v) is 10.8. The van der Waals surface area contributed by atoms with E-state index in [2.05, 4.69) is 17.3 Å². The lowest BCUT2D eigenvalue weighted by Crippen LogP contribution is -2.46. The van der Waals surface area contributed by atoms with Gasteiger partial charge in [0.25, 0.3) is 11.8 Å². The van der Waals surface area contributed by atoms with Crippen LogP contribution in [0.4, 0.5) is 0 Å². The Kier molecular flexibility index (Phi) is 9.04. The molecule has 0 unspecified atom stereocenters. The molecule has 7 nitrogen and oxygen atoms in total. The molecule has 8 heteroatoms. The van der Waals surface area contributed by atoms with Crippen LogP contribution in [0.3, 0.4) is 0 Å². The largest absolute Gasteiger partial charge is 0.491 e. The summed E-state index contributed by atoms with van der Waals surface area (Å²) in [4.78, 5) is 31.3. The molecule has 212 valence electrons. The topological polar surface area (TPSA) is 75.9 Å². The number of hydrogen-bond acceptors (Lipinski definition) is 5. The quantitative estimate of drug-likeness (QED) is 0.273. The molecule has 1 aliphatic rings. The van der Waals surface area contributed by atoms with Crippen molar-refractivity contribution in [1.29, 1.82) is 0 Å². The summed E-state index contributed by atoms with van der Waals surface area (Å²) in [6, 6.07) is 24.4. The van der Waals surface area contributed by atoms with Gasteiger partial charge in [0.15, 0.2) is 0 Å². The Hall–Kier alpha value is -4.10. The zero-order valence-corrected chi connectivity index (χ0v) is 24.1. The summed E-state index contributed by atoms with van der Waals surface area (Å²) < 4.78 is 11.9. The van der Waals surface area contributed by atoms with Crippen molar-refractivity contribution >= 4 is 23.4 Å². The van der Waals surface area contributed by atoms with E-state index in [-0.39, 0.29) is 24.5 Å². The Morgan fingerprint density at radius 1 is 0.927 bits per heavy atom. The first-order chi connectivity index (χ1) is 19.9. The van der Waals surface area contributed by atoms with E-state index in [4.69, 9.17) is 20.9 Å². The molecule has 3 aromatic carbocycles. The van der Waals surface area contributed by atoms with E-state index < -0.39 is 0 Å². The number of amides is 2. The van der Waals surface area contributed by atoms with E-state index in [9.17, 15) is 9.59 Å². The van der Waals surface area contributed by atoms with Crippen LogP contribution in [0.1, 0.15) is 51.3 Å². The van der Waals surface area contributed by atoms with E-state index in [1.807, 2.05) is 66.5 Å². The van der Waals surface area contributed by atoms with E-state index in [0.29, 0.717) is 58.4 Å². The smallest absolute Gasteiger partial charge is 0.260 e. The van der Waals surface area contributed by atoms with Gasteiger partial charge in [-0.25, -0.2) is 0 Å². The van der Waals surface area contributed by atoms with E-state index >= 15 is 0 Å². The molecule has 0 spiro atoms. The third-order valence-corrected chi connectivity index (χ3v) is 7.84. The van der Waals surface area contributed by atoms with Gasteiger partial charge in [-0.05, 0) is 56.4 Å². The Balaban J connectivity index is 1.55. The number of aromatic nitrogens is 1. The SMILES string of the molecule is Cc1onc(-c2ccccc2Cl)c1C(=O)N1CCCCCN(C)C(=O)c2ccccc2OC[C@H]1Cc1ccccc1. The van der Waals surface area contributed by atoms with Gasteiger partial charge >= 0.3 is 0 Å². The third kappa shape index (κ3) is 6.46. The molecule has 2 amide bonds. The van der Waals surface area contributed by atoms with Crippen molar-refractivity contribution < 1.29 is 18.8 Å². The first-order valence-electron chi connectivity index (χ1n) is 14.0. The van der Waals surface area contributed by atoms with Gasteiger partial charge in [0.2, 0.25) is 0 Å². The van der Waals surface area contributed by atoms with Crippen LogP contribution in [-0.2, 0) is 6.42 Å². The molecule has 4 aromatic rings. The number of nitrogens with zero attached hydrogens (tertiary/aromatic N) is 3. The Bertz CT molecular complexity index is 1500. The summed E-state index contributed by atoms with van der Waals surface area (Å²) in [6.45, 7) is 3.10. The number of carbonyl (C=O) groups excluding carboxylic acids is 2. The summed E-state index contributed by atoms with van der Waals surface area (Å²) in [5.41, 5.74) is 3.07. The fourth-order valence-corrected chi connectivity index (χ4v) is 5.50. The van der Waals surface area contributed by atoms with Crippen LogP contribution in [0, 0.1) is 6.92 Å². The van der Waals surface area contributed by atoms with Crippen LogP contribution in [0.15, 0.2) is 83.4 Å². The lowest BCUT2D eigenvalue weighted by molar-refractivity contribution is 0.0604. The molecule has 1 atom stereocenters. The maximum absolute atomic E-state index is 14.5. The second-order valence-electron chi connectivity index (χ2n) is 10.4. The van der Waals surface area contributed by atoms with Crippen LogP contribution < -0.4 is 4.74 Å². The van der Waals surface area contributed by atoms with Crippen molar-refractivity contribution in [3.8, 4) is 17.0 Å². The highest BCUT2D eigenvalue weighted by atomic mass is 35.5. The number of aryl methyl sites for hydroxylation is 1. The summed E-state index contributed by atoms with van der Waals surface area (Å²) in [5.74, 6) is 0.688. The minimum absolute atomic E-state index is 0.0723. The molecule has 0 fully saturated rings. The molecular formula is C33H34ClN3O4. The van der Waals surface area contributed by atoms with Crippen LogP contribution in [0.25, 0.3) is 11.3 Å². The lowest BCUT2D eigenvalue weighted by Gasteiger charge is -2.32. The van der Waals surface area contributed by atoms with Crippen molar-refractivity contribution in [2.45, 2.75) is 38.6 Å². The number of rotatable bonds is 4. The minimum atomic E-state index is -0.320. The molecule has 0 bridgehead atoms. The van der Waals surface area contributed by atoms with Crippen molar-refractivity contribution in [2.75, 3.05) is 26.7 Å². The number of halogens is 1. The fraction of sp³-hybridized carbons (Fsp3) is 0.303.